The molecule has 0 bridgehead atoms. The van der Waals surface area contributed by atoms with Gasteiger partial charge in [-0.15, -0.1) is 0 Å². The molecule has 2 heteroatoms. The Hall–Kier alpha value is -0.760. The number of rotatable bonds is 2. The van der Waals surface area contributed by atoms with E-state index in [1.807, 2.05) is 26.0 Å². The van der Waals surface area contributed by atoms with E-state index in [0.29, 0.717) is 0 Å². The maximum Gasteiger partial charge on any atom is 0.105 e. The summed E-state index contributed by atoms with van der Waals surface area (Å²) in [7, 11) is 0. The Morgan fingerprint density at radius 3 is 2.70 bits per heavy atom. The van der Waals surface area contributed by atoms with Crippen molar-refractivity contribution in [1.29, 1.82) is 0 Å². The van der Waals surface area contributed by atoms with E-state index in [4.69, 9.17) is 10.2 Å². The van der Waals surface area contributed by atoms with Gasteiger partial charge in [-0.05, 0) is 26.0 Å². The topological polar surface area (TPSA) is 39.2 Å². The first kappa shape index (κ1) is 7.35. The lowest BCUT2D eigenvalue weighted by atomic mass is 10.2. The van der Waals surface area contributed by atoms with E-state index in [2.05, 4.69) is 0 Å². The molecular weight excluding hydrogens is 126 g/mol. The highest BCUT2D eigenvalue weighted by Gasteiger charge is 2.00. The van der Waals surface area contributed by atoms with Crippen LogP contribution in [0.4, 0.5) is 0 Å². The van der Waals surface area contributed by atoms with Crippen molar-refractivity contribution < 1.29 is 4.42 Å². The Kier molecular flexibility index (Phi) is 2.12. The lowest BCUT2D eigenvalue weighted by molar-refractivity contribution is 0.469. The second-order valence-corrected chi connectivity index (χ2v) is 2.69. The number of furan rings is 1. The predicted molar refractivity (Wildman–Crippen MR) is 40.8 cm³/mol. The van der Waals surface area contributed by atoms with E-state index in [1.165, 1.54) is 0 Å². The monoisotopic (exact) mass is 139 g/mol. The Balaban J connectivity index is 2.58. The fourth-order valence-electron chi connectivity index (χ4n) is 0.912. The van der Waals surface area contributed by atoms with Crippen molar-refractivity contribution >= 4 is 0 Å². The molecule has 1 unspecified atom stereocenters. The van der Waals surface area contributed by atoms with E-state index < -0.39 is 0 Å². The van der Waals surface area contributed by atoms with Crippen LogP contribution in [0.5, 0.6) is 0 Å². The van der Waals surface area contributed by atoms with Gasteiger partial charge in [-0.2, -0.15) is 0 Å². The summed E-state index contributed by atoms with van der Waals surface area (Å²) in [5.74, 6) is 1.93. The van der Waals surface area contributed by atoms with Gasteiger partial charge in [0.15, 0.2) is 0 Å². The molecule has 0 aliphatic rings. The van der Waals surface area contributed by atoms with Crippen LogP contribution in [0.2, 0.25) is 0 Å². The van der Waals surface area contributed by atoms with Gasteiger partial charge in [0.2, 0.25) is 0 Å². The average Bonchev–Trinajstić information content (AvgIpc) is 2.13. The van der Waals surface area contributed by atoms with Crippen molar-refractivity contribution in [2.45, 2.75) is 26.3 Å². The van der Waals surface area contributed by atoms with Gasteiger partial charge in [0.05, 0.1) is 0 Å². The maximum absolute atomic E-state index is 5.57. The second kappa shape index (κ2) is 2.88. The van der Waals surface area contributed by atoms with Crippen LogP contribution in [0.1, 0.15) is 18.4 Å². The van der Waals surface area contributed by atoms with Crippen molar-refractivity contribution in [3.63, 3.8) is 0 Å². The summed E-state index contributed by atoms with van der Waals surface area (Å²) in [6.45, 7) is 3.91. The normalized spacial score (nSPS) is 13.5. The number of nitrogens with two attached hydrogens (primary N) is 1. The molecule has 0 saturated carbocycles. The molecule has 1 aromatic heterocycles. The lowest BCUT2D eigenvalue weighted by Crippen LogP contribution is -2.17. The minimum atomic E-state index is 0.186. The molecule has 1 rings (SSSR count). The fraction of sp³-hybridized carbons (Fsp3) is 0.500. The molecule has 56 valence electrons. The zero-order valence-electron chi connectivity index (χ0n) is 6.42. The zero-order valence-corrected chi connectivity index (χ0v) is 6.42. The van der Waals surface area contributed by atoms with Crippen LogP contribution in [0.15, 0.2) is 16.5 Å². The zero-order chi connectivity index (χ0) is 7.56. The quantitative estimate of drug-likeness (QED) is 0.674. The SMILES string of the molecule is Cc1ccc(CC(C)N)o1. The van der Waals surface area contributed by atoms with Gasteiger partial charge in [0.25, 0.3) is 0 Å². The molecule has 2 nitrogen and oxygen atoms in total. The van der Waals surface area contributed by atoms with Crippen molar-refractivity contribution in [3.05, 3.63) is 23.7 Å². The summed E-state index contributed by atoms with van der Waals surface area (Å²) in [4.78, 5) is 0. The number of hydrogen-bond donors (Lipinski definition) is 1. The first-order valence-electron chi connectivity index (χ1n) is 3.49. The van der Waals surface area contributed by atoms with Gasteiger partial charge in [-0.3, -0.25) is 0 Å². The van der Waals surface area contributed by atoms with Crippen LogP contribution in [0.25, 0.3) is 0 Å². The molecule has 1 aromatic rings. The van der Waals surface area contributed by atoms with Crippen molar-refractivity contribution in [2.24, 2.45) is 5.73 Å². The number of aryl methyl sites for hydroxylation is 1. The van der Waals surface area contributed by atoms with E-state index in [0.717, 1.165) is 17.9 Å². The van der Waals surface area contributed by atoms with Crippen LogP contribution in [0.3, 0.4) is 0 Å². The molecule has 1 heterocycles. The molecule has 0 radical (unpaired) electrons. The highest BCUT2D eigenvalue weighted by Crippen LogP contribution is 2.07. The smallest absolute Gasteiger partial charge is 0.105 e. The van der Waals surface area contributed by atoms with E-state index in [1.54, 1.807) is 0 Å². The van der Waals surface area contributed by atoms with Crippen molar-refractivity contribution in [2.75, 3.05) is 0 Å². The molecule has 0 aliphatic carbocycles. The summed E-state index contributed by atoms with van der Waals surface area (Å²) in [6, 6.07) is 4.11. The van der Waals surface area contributed by atoms with Crippen molar-refractivity contribution in [1.82, 2.24) is 0 Å². The van der Waals surface area contributed by atoms with Crippen LogP contribution < -0.4 is 5.73 Å². The third kappa shape index (κ3) is 1.88. The summed E-state index contributed by atoms with van der Waals surface area (Å²) in [5.41, 5.74) is 5.57. The first-order valence-corrected chi connectivity index (χ1v) is 3.49. The van der Waals surface area contributed by atoms with Gasteiger partial charge < -0.3 is 10.2 Å². The molecule has 0 aromatic carbocycles. The van der Waals surface area contributed by atoms with Gasteiger partial charge >= 0.3 is 0 Å². The van der Waals surface area contributed by atoms with Crippen LogP contribution in [-0.2, 0) is 6.42 Å². The molecule has 0 amide bonds. The van der Waals surface area contributed by atoms with E-state index in [-0.39, 0.29) is 6.04 Å². The lowest BCUT2D eigenvalue weighted by Gasteiger charge is -1.99. The Labute approximate surface area is 61.0 Å². The van der Waals surface area contributed by atoms with Crippen LogP contribution >= 0.6 is 0 Å². The minimum absolute atomic E-state index is 0.186. The van der Waals surface area contributed by atoms with Gasteiger partial charge in [0, 0.05) is 12.5 Å². The van der Waals surface area contributed by atoms with Gasteiger partial charge in [-0.1, -0.05) is 0 Å². The summed E-state index contributed by atoms with van der Waals surface area (Å²) >= 11 is 0. The van der Waals surface area contributed by atoms with Crippen LogP contribution in [-0.4, -0.2) is 6.04 Å². The highest BCUT2D eigenvalue weighted by molar-refractivity contribution is 5.06. The second-order valence-electron chi connectivity index (χ2n) is 2.69. The third-order valence-electron chi connectivity index (χ3n) is 1.32. The summed E-state index contributed by atoms with van der Waals surface area (Å²) < 4.78 is 5.31. The Morgan fingerprint density at radius 1 is 1.60 bits per heavy atom. The molecule has 1 atom stereocenters. The Bertz CT molecular complexity index is 203. The molecule has 0 saturated heterocycles. The summed E-state index contributed by atoms with van der Waals surface area (Å²) in [6.07, 6.45) is 0.827. The highest BCUT2D eigenvalue weighted by atomic mass is 16.3. The Morgan fingerprint density at radius 2 is 2.30 bits per heavy atom. The molecular formula is C8H13NO. The summed E-state index contributed by atoms with van der Waals surface area (Å²) in [5, 5.41) is 0. The largest absolute Gasteiger partial charge is 0.466 e. The molecule has 2 N–H and O–H groups in total. The van der Waals surface area contributed by atoms with Gasteiger partial charge in [-0.25, -0.2) is 0 Å². The van der Waals surface area contributed by atoms with Crippen molar-refractivity contribution in [3.8, 4) is 0 Å². The molecule has 0 aliphatic heterocycles. The molecule has 10 heavy (non-hydrogen) atoms. The minimum Gasteiger partial charge on any atom is -0.466 e. The van der Waals surface area contributed by atoms with Gasteiger partial charge in [0.1, 0.15) is 11.5 Å². The van der Waals surface area contributed by atoms with Crippen LogP contribution in [0, 0.1) is 6.92 Å². The average molecular weight is 139 g/mol. The fourth-order valence-corrected chi connectivity index (χ4v) is 0.912. The standard InChI is InChI=1S/C8H13NO/c1-6(9)5-8-4-3-7(2)10-8/h3-4,6H,5,9H2,1-2H3. The van der Waals surface area contributed by atoms with E-state index >= 15 is 0 Å². The maximum atomic E-state index is 5.57. The third-order valence-corrected chi connectivity index (χ3v) is 1.32. The first-order chi connectivity index (χ1) is 4.68. The molecule has 0 fully saturated rings. The van der Waals surface area contributed by atoms with E-state index in [9.17, 15) is 0 Å². The predicted octanol–water partition coefficient (Wildman–Crippen LogP) is 1.48. The molecule has 0 spiro atoms. The number of hydrogen-bond acceptors (Lipinski definition) is 2.